The standard InChI is InChI=1S/C11H17N.C2H6/c1-3-12-9-10(2)11-7-5-4-6-8-11;1-2/h4-8,10,12H,3,9H2,1-2H3;1-2H3. The van der Waals surface area contributed by atoms with E-state index in [9.17, 15) is 0 Å². The highest BCUT2D eigenvalue weighted by Crippen LogP contribution is 2.12. The molecule has 1 aromatic carbocycles. The van der Waals surface area contributed by atoms with Crippen LogP contribution in [0.4, 0.5) is 0 Å². The average molecular weight is 193 g/mol. The van der Waals surface area contributed by atoms with Crippen LogP contribution in [0.5, 0.6) is 0 Å². The van der Waals surface area contributed by atoms with E-state index in [0.29, 0.717) is 5.92 Å². The Balaban J connectivity index is 0.000000791. The first-order chi connectivity index (χ1) is 6.84. The predicted octanol–water partition coefficient (Wildman–Crippen LogP) is 3.43. The first-order valence-corrected chi connectivity index (χ1v) is 5.60. The SMILES string of the molecule is CC.CCNCC(C)c1ccccc1. The van der Waals surface area contributed by atoms with Crippen LogP contribution >= 0.6 is 0 Å². The summed E-state index contributed by atoms with van der Waals surface area (Å²) in [5.41, 5.74) is 1.42. The summed E-state index contributed by atoms with van der Waals surface area (Å²) < 4.78 is 0. The van der Waals surface area contributed by atoms with Gasteiger partial charge in [0.15, 0.2) is 0 Å². The maximum Gasteiger partial charge on any atom is 0.00173 e. The van der Waals surface area contributed by atoms with E-state index in [1.807, 2.05) is 13.8 Å². The van der Waals surface area contributed by atoms with Crippen LogP contribution in [0.15, 0.2) is 30.3 Å². The molecule has 0 aromatic heterocycles. The molecule has 1 nitrogen and oxygen atoms in total. The molecule has 1 atom stereocenters. The molecule has 1 rings (SSSR count). The van der Waals surface area contributed by atoms with Gasteiger partial charge in [0.2, 0.25) is 0 Å². The van der Waals surface area contributed by atoms with Gasteiger partial charge >= 0.3 is 0 Å². The van der Waals surface area contributed by atoms with Crippen molar-refractivity contribution in [3.05, 3.63) is 35.9 Å². The van der Waals surface area contributed by atoms with Crippen LogP contribution < -0.4 is 5.32 Å². The molecule has 0 aliphatic rings. The zero-order valence-electron chi connectivity index (χ0n) is 9.88. The molecular weight excluding hydrogens is 170 g/mol. The molecule has 1 N–H and O–H groups in total. The van der Waals surface area contributed by atoms with Crippen LogP contribution in [0.2, 0.25) is 0 Å². The van der Waals surface area contributed by atoms with Gasteiger partial charge in [-0.1, -0.05) is 58.0 Å². The fourth-order valence-electron chi connectivity index (χ4n) is 1.26. The van der Waals surface area contributed by atoms with Gasteiger partial charge in [0.25, 0.3) is 0 Å². The molecule has 0 saturated carbocycles. The monoisotopic (exact) mass is 193 g/mol. The van der Waals surface area contributed by atoms with Crippen LogP contribution in [-0.4, -0.2) is 13.1 Å². The van der Waals surface area contributed by atoms with Gasteiger partial charge in [0, 0.05) is 6.54 Å². The second-order valence-electron chi connectivity index (χ2n) is 3.12. The van der Waals surface area contributed by atoms with E-state index in [1.54, 1.807) is 0 Å². The first-order valence-electron chi connectivity index (χ1n) is 5.60. The van der Waals surface area contributed by atoms with E-state index in [1.165, 1.54) is 5.56 Å². The van der Waals surface area contributed by atoms with Gasteiger partial charge in [-0.3, -0.25) is 0 Å². The minimum Gasteiger partial charge on any atom is -0.316 e. The molecular formula is C13H23N. The lowest BCUT2D eigenvalue weighted by Crippen LogP contribution is -2.19. The summed E-state index contributed by atoms with van der Waals surface area (Å²) >= 11 is 0. The highest BCUT2D eigenvalue weighted by molar-refractivity contribution is 5.18. The van der Waals surface area contributed by atoms with Gasteiger partial charge in [-0.15, -0.1) is 0 Å². The van der Waals surface area contributed by atoms with E-state index in [2.05, 4.69) is 49.5 Å². The molecule has 0 amide bonds. The third-order valence-electron chi connectivity index (χ3n) is 2.07. The quantitative estimate of drug-likeness (QED) is 0.772. The molecule has 0 spiro atoms. The van der Waals surface area contributed by atoms with Gasteiger partial charge in [-0.2, -0.15) is 0 Å². The van der Waals surface area contributed by atoms with Crippen molar-refractivity contribution in [2.75, 3.05) is 13.1 Å². The molecule has 0 fully saturated rings. The average Bonchev–Trinajstić information content (AvgIpc) is 2.30. The normalized spacial score (nSPS) is 11.4. The molecule has 0 aliphatic carbocycles. The van der Waals surface area contributed by atoms with Crippen LogP contribution in [-0.2, 0) is 0 Å². The summed E-state index contributed by atoms with van der Waals surface area (Å²) in [5.74, 6) is 0.617. The van der Waals surface area contributed by atoms with Crippen molar-refractivity contribution in [1.82, 2.24) is 5.32 Å². The van der Waals surface area contributed by atoms with Crippen molar-refractivity contribution in [3.8, 4) is 0 Å². The Kier molecular flexibility index (Phi) is 8.25. The maximum absolute atomic E-state index is 3.35. The lowest BCUT2D eigenvalue weighted by Gasteiger charge is -2.11. The molecule has 80 valence electrons. The molecule has 0 aliphatic heterocycles. The lowest BCUT2D eigenvalue weighted by molar-refractivity contribution is 0.635. The molecule has 14 heavy (non-hydrogen) atoms. The minimum atomic E-state index is 0.617. The number of hydrogen-bond acceptors (Lipinski definition) is 1. The molecule has 0 heterocycles. The summed E-state index contributed by atoms with van der Waals surface area (Å²) in [4.78, 5) is 0. The van der Waals surface area contributed by atoms with Gasteiger partial charge in [0.05, 0.1) is 0 Å². The fraction of sp³-hybridized carbons (Fsp3) is 0.538. The van der Waals surface area contributed by atoms with Crippen molar-refractivity contribution in [2.24, 2.45) is 0 Å². The van der Waals surface area contributed by atoms with E-state index < -0.39 is 0 Å². The maximum atomic E-state index is 3.35. The van der Waals surface area contributed by atoms with Crippen LogP contribution in [0, 0.1) is 0 Å². The number of benzene rings is 1. The van der Waals surface area contributed by atoms with E-state index in [-0.39, 0.29) is 0 Å². The summed E-state index contributed by atoms with van der Waals surface area (Å²) in [6.45, 7) is 10.5. The second-order valence-corrected chi connectivity index (χ2v) is 3.12. The Morgan fingerprint density at radius 1 is 1.14 bits per heavy atom. The topological polar surface area (TPSA) is 12.0 Å². The van der Waals surface area contributed by atoms with Crippen molar-refractivity contribution < 1.29 is 0 Å². The van der Waals surface area contributed by atoms with Crippen molar-refractivity contribution in [2.45, 2.75) is 33.6 Å². The van der Waals surface area contributed by atoms with Crippen molar-refractivity contribution in [1.29, 1.82) is 0 Å². The van der Waals surface area contributed by atoms with E-state index in [4.69, 9.17) is 0 Å². The molecule has 1 heteroatoms. The molecule has 0 saturated heterocycles. The second kappa shape index (κ2) is 8.76. The summed E-state index contributed by atoms with van der Waals surface area (Å²) in [7, 11) is 0. The first kappa shape index (κ1) is 13.2. The predicted molar refractivity (Wildman–Crippen MR) is 64.7 cm³/mol. The Bertz CT molecular complexity index is 206. The zero-order valence-corrected chi connectivity index (χ0v) is 9.88. The summed E-state index contributed by atoms with van der Waals surface area (Å²) in [5, 5.41) is 3.35. The van der Waals surface area contributed by atoms with E-state index in [0.717, 1.165) is 13.1 Å². The van der Waals surface area contributed by atoms with Crippen molar-refractivity contribution in [3.63, 3.8) is 0 Å². The highest BCUT2D eigenvalue weighted by Gasteiger charge is 2.01. The summed E-state index contributed by atoms with van der Waals surface area (Å²) in [6, 6.07) is 10.6. The van der Waals surface area contributed by atoms with Crippen LogP contribution in [0.25, 0.3) is 0 Å². The number of likely N-dealkylation sites (N-methyl/N-ethyl adjacent to an activating group) is 1. The number of rotatable bonds is 4. The Labute approximate surface area is 88.5 Å². The van der Waals surface area contributed by atoms with Crippen LogP contribution in [0.3, 0.4) is 0 Å². The van der Waals surface area contributed by atoms with Crippen LogP contribution in [0.1, 0.15) is 39.2 Å². The van der Waals surface area contributed by atoms with Crippen molar-refractivity contribution >= 4 is 0 Å². The third kappa shape index (κ3) is 5.03. The molecule has 0 bridgehead atoms. The zero-order chi connectivity index (χ0) is 10.8. The minimum absolute atomic E-state index is 0.617. The van der Waals surface area contributed by atoms with Gasteiger partial charge in [-0.05, 0) is 18.0 Å². The molecule has 1 aromatic rings. The summed E-state index contributed by atoms with van der Waals surface area (Å²) in [6.07, 6.45) is 0. The number of hydrogen-bond donors (Lipinski definition) is 1. The lowest BCUT2D eigenvalue weighted by atomic mass is 10.0. The smallest absolute Gasteiger partial charge is 0.00173 e. The number of nitrogens with one attached hydrogen (secondary N) is 1. The van der Waals surface area contributed by atoms with Gasteiger partial charge in [0.1, 0.15) is 0 Å². The highest BCUT2D eigenvalue weighted by atomic mass is 14.8. The third-order valence-corrected chi connectivity index (χ3v) is 2.07. The molecule has 0 radical (unpaired) electrons. The Morgan fingerprint density at radius 3 is 2.21 bits per heavy atom. The van der Waals surface area contributed by atoms with E-state index >= 15 is 0 Å². The molecule has 1 unspecified atom stereocenters. The Hall–Kier alpha value is -0.820. The van der Waals surface area contributed by atoms with Gasteiger partial charge < -0.3 is 5.32 Å². The van der Waals surface area contributed by atoms with Gasteiger partial charge in [-0.25, -0.2) is 0 Å². The fourth-order valence-corrected chi connectivity index (χ4v) is 1.26. The largest absolute Gasteiger partial charge is 0.316 e. The Morgan fingerprint density at radius 2 is 1.71 bits per heavy atom.